The number of nitrogens with zero attached hydrogens (tertiary/aromatic N) is 1. The summed E-state index contributed by atoms with van der Waals surface area (Å²) in [6.45, 7) is 0.842. The molecule has 2 heterocycles. The second-order valence-electron chi connectivity index (χ2n) is 5.18. The van der Waals surface area contributed by atoms with E-state index in [0.717, 1.165) is 21.3 Å². The molecular formula is C18H18N2O3S2. The van der Waals surface area contributed by atoms with Crippen molar-refractivity contribution in [1.29, 1.82) is 0 Å². The van der Waals surface area contributed by atoms with E-state index in [4.69, 9.17) is 9.47 Å². The molecule has 0 bridgehead atoms. The van der Waals surface area contributed by atoms with Gasteiger partial charge in [-0.15, -0.1) is 22.7 Å². The van der Waals surface area contributed by atoms with E-state index in [-0.39, 0.29) is 12.3 Å². The first-order valence-electron chi connectivity index (χ1n) is 7.76. The van der Waals surface area contributed by atoms with E-state index >= 15 is 0 Å². The van der Waals surface area contributed by atoms with Crippen molar-refractivity contribution in [2.75, 3.05) is 20.3 Å². The topological polar surface area (TPSA) is 60.5 Å². The highest BCUT2D eigenvalue weighted by atomic mass is 32.1. The third-order valence-corrected chi connectivity index (χ3v) is 5.29. The SMILES string of the molecule is COc1cccc(OCCNC(=O)Cc2csc(-c3cccs3)n2)c1. The van der Waals surface area contributed by atoms with Gasteiger partial charge in [0.25, 0.3) is 0 Å². The summed E-state index contributed by atoms with van der Waals surface area (Å²) in [4.78, 5) is 17.6. The van der Waals surface area contributed by atoms with Gasteiger partial charge in [0, 0.05) is 11.4 Å². The molecule has 0 aliphatic heterocycles. The lowest BCUT2D eigenvalue weighted by Crippen LogP contribution is -2.29. The maximum atomic E-state index is 12.0. The van der Waals surface area contributed by atoms with E-state index in [9.17, 15) is 4.79 Å². The highest BCUT2D eigenvalue weighted by Gasteiger charge is 2.09. The summed E-state index contributed by atoms with van der Waals surface area (Å²) in [6, 6.07) is 11.4. The van der Waals surface area contributed by atoms with Crippen molar-refractivity contribution < 1.29 is 14.3 Å². The molecule has 0 spiro atoms. The number of benzene rings is 1. The van der Waals surface area contributed by atoms with Gasteiger partial charge in [0.2, 0.25) is 5.91 Å². The zero-order valence-electron chi connectivity index (χ0n) is 13.7. The molecule has 0 fully saturated rings. The molecule has 0 unspecified atom stereocenters. The van der Waals surface area contributed by atoms with Crippen molar-refractivity contribution >= 4 is 28.6 Å². The third-order valence-electron chi connectivity index (χ3n) is 3.36. The standard InChI is InChI=1S/C18H18N2O3S2/c1-22-14-4-2-5-15(11-14)23-8-7-19-17(21)10-13-12-25-18(20-13)16-6-3-9-24-16/h2-6,9,11-12H,7-8,10H2,1H3,(H,19,21). The quantitative estimate of drug-likeness (QED) is 0.612. The predicted molar refractivity (Wildman–Crippen MR) is 101 cm³/mol. The van der Waals surface area contributed by atoms with Gasteiger partial charge in [-0.1, -0.05) is 12.1 Å². The fourth-order valence-corrected chi connectivity index (χ4v) is 3.81. The fourth-order valence-electron chi connectivity index (χ4n) is 2.18. The number of ether oxygens (including phenoxy) is 2. The first-order chi connectivity index (χ1) is 12.2. The summed E-state index contributed by atoms with van der Waals surface area (Å²) >= 11 is 3.21. The molecule has 130 valence electrons. The minimum absolute atomic E-state index is 0.0581. The van der Waals surface area contributed by atoms with Crippen LogP contribution in [0.2, 0.25) is 0 Å². The minimum Gasteiger partial charge on any atom is -0.497 e. The average Bonchev–Trinajstić information content (AvgIpc) is 3.30. The second kappa shape index (κ2) is 8.64. The number of hydrogen-bond acceptors (Lipinski definition) is 6. The van der Waals surface area contributed by atoms with Crippen LogP contribution >= 0.6 is 22.7 Å². The molecule has 1 aromatic carbocycles. The van der Waals surface area contributed by atoms with Crippen molar-refractivity contribution in [2.45, 2.75) is 6.42 Å². The van der Waals surface area contributed by atoms with Crippen LogP contribution in [-0.2, 0) is 11.2 Å². The molecule has 0 saturated heterocycles. The van der Waals surface area contributed by atoms with E-state index in [1.807, 2.05) is 47.2 Å². The number of thiophene rings is 1. The molecule has 3 aromatic rings. The Balaban J connectivity index is 1.41. The Bertz CT molecular complexity index is 815. The number of aromatic nitrogens is 1. The lowest BCUT2D eigenvalue weighted by Gasteiger charge is -2.08. The van der Waals surface area contributed by atoms with Crippen LogP contribution in [0, 0.1) is 0 Å². The van der Waals surface area contributed by atoms with Crippen LogP contribution in [0.1, 0.15) is 5.69 Å². The number of rotatable bonds is 8. The summed E-state index contributed by atoms with van der Waals surface area (Å²) in [5.41, 5.74) is 0.791. The van der Waals surface area contributed by atoms with E-state index in [2.05, 4.69) is 10.3 Å². The second-order valence-corrected chi connectivity index (χ2v) is 6.98. The molecule has 0 saturated carbocycles. The number of hydrogen-bond donors (Lipinski definition) is 1. The maximum absolute atomic E-state index is 12.0. The van der Waals surface area contributed by atoms with Gasteiger partial charge in [-0.2, -0.15) is 0 Å². The Labute approximate surface area is 154 Å². The third kappa shape index (κ3) is 5.04. The summed E-state index contributed by atoms with van der Waals surface area (Å²) in [5.74, 6) is 1.40. The molecule has 5 nitrogen and oxygen atoms in total. The van der Waals surface area contributed by atoms with Gasteiger partial charge in [0.05, 0.1) is 30.6 Å². The van der Waals surface area contributed by atoms with Crippen LogP contribution in [-0.4, -0.2) is 31.2 Å². The number of nitrogens with one attached hydrogen (secondary N) is 1. The maximum Gasteiger partial charge on any atom is 0.226 e. The van der Waals surface area contributed by atoms with E-state index in [0.29, 0.717) is 18.9 Å². The van der Waals surface area contributed by atoms with Crippen molar-refractivity contribution in [3.63, 3.8) is 0 Å². The average molecular weight is 374 g/mol. The normalized spacial score (nSPS) is 10.4. The smallest absolute Gasteiger partial charge is 0.226 e. The van der Waals surface area contributed by atoms with Crippen molar-refractivity contribution in [1.82, 2.24) is 10.3 Å². The first-order valence-corrected chi connectivity index (χ1v) is 9.52. The summed E-state index contributed by atoms with van der Waals surface area (Å²) in [5, 5.41) is 7.75. The van der Waals surface area contributed by atoms with E-state index < -0.39 is 0 Å². The number of carbonyl (C=O) groups is 1. The molecule has 3 rings (SSSR count). The summed E-state index contributed by atoms with van der Waals surface area (Å²) in [6.07, 6.45) is 0.279. The van der Waals surface area contributed by atoms with Gasteiger partial charge in [0.15, 0.2) is 0 Å². The van der Waals surface area contributed by atoms with Gasteiger partial charge in [-0.3, -0.25) is 4.79 Å². The Morgan fingerprint density at radius 2 is 2.08 bits per heavy atom. The molecule has 25 heavy (non-hydrogen) atoms. The van der Waals surface area contributed by atoms with Crippen LogP contribution in [0.3, 0.4) is 0 Å². The summed E-state index contributed by atoms with van der Waals surface area (Å²) in [7, 11) is 1.61. The lowest BCUT2D eigenvalue weighted by atomic mass is 10.3. The molecule has 1 N–H and O–H groups in total. The molecule has 1 amide bonds. The number of methoxy groups -OCH3 is 1. The van der Waals surface area contributed by atoms with Crippen molar-refractivity contribution in [2.24, 2.45) is 0 Å². The minimum atomic E-state index is -0.0581. The Hall–Kier alpha value is -2.38. The Morgan fingerprint density at radius 3 is 2.88 bits per heavy atom. The monoisotopic (exact) mass is 374 g/mol. The van der Waals surface area contributed by atoms with E-state index in [1.54, 1.807) is 29.8 Å². The Morgan fingerprint density at radius 1 is 1.20 bits per heavy atom. The zero-order chi connectivity index (χ0) is 17.5. The summed E-state index contributed by atoms with van der Waals surface area (Å²) < 4.78 is 10.7. The molecule has 0 aliphatic rings. The highest BCUT2D eigenvalue weighted by Crippen LogP contribution is 2.27. The molecule has 2 aromatic heterocycles. The van der Waals surface area contributed by atoms with Crippen molar-refractivity contribution in [3.05, 3.63) is 52.9 Å². The van der Waals surface area contributed by atoms with Gasteiger partial charge in [-0.25, -0.2) is 4.98 Å². The first kappa shape index (κ1) is 17.4. The van der Waals surface area contributed by atoms with Gasteiger partial charge in [0.1, 0.15) is 23.1 Å². The largest absolute Gasteiger partial charge is 0.497 e. The number of thiazole rings is 1. The van der Waals surface area contributed by atoms with Crippen molar-refractivity contribution in [3.8, 4) is 21.4 Å². The number of amides is 1. The highest BCUT2D eigenvalue weighted by molar-refractivity contribution is 7.20. The zero-order valence-corrected chi connectivity index (χ0v) is 15.4. The van der Waals surface area contributed by atoms with E-state index in [1.165, 1.54) is 0 Å². The van der Waals surface area contributed by atoms with Crippen LogP contribution < -0.4 is 14.8 Å². The molecule has 0 radical (unpaired) electrons. The van der Waals surface area contributed by atoms with Crippen LogP contribution in [0.25, 0.3) is 9.88 Å². The fraction of sp³-hybridized carbons (Fsp3) is 0.222. The van der Waals surface area contributed by atoms with Crippen LogP contribution in [0.15, 0.2) is 47.2 Å². The molecule has 0 aliphatic carbocycles. The van der Waals surface area contributed by atoms with Crippen LogP contribution in [0.5, 0.6) is 11.5 Å². The van der Waals surface area contributed by atoms with Gasteiger partial charge < -0.3 is 14.8 Å². The molecular weight excluding hydrogens is 356 g/mol. The van der Waals surface area contributed by atoms with Crippen LogP contribution in [0.4, 0.5) is 0 Å². The van der Waals surface area contributed by atoms with Gasteiger partial charge in [-0.05, 0) is 23.6 Å². The lowest BCUT2D eigenvalue weighted by molar-refractivity contribution is -0.120. The van der Waals surface area contributed by atoms with Gasteiger partial charge >= 0.3 is 0 Å². The predicted octanol–water partition coefficient (Wildman–Crippen LogP) is 3.62. The number of carbonyl (C=O) groups excluding carboxylic acids is 1. The molecule has 7 heteroatoms. The molecule has 0 atom stereocenters. The Kier molecular flexibility index (Phi) is 6.03.